The molecule has 4 heteroatoms. The fourth-order valence-corrected chi connectivity index (χ4v) is 2.22. The van der Waals surface area contributed by atoms with Gasteiger partial charge in [-0.25, -0.2) is 0 Å². The molecule has 1 amide bonds. The lowest BCUT2D eigenvalue weighted by molar-refractivity contribution is -0.132. The maximum atomic E-state index is 12.1. The molecule has 2 unspecified atom stereocenters. The standard InChI is InChI=1S/C14H20N2O2/c1-10-3-5-11(6-4-10)9-16(2)14(18)13-7-12(17)8-15-13/h3-6,12-13,15,17H,7-9H2,1-2H3. The minimum Gasteiger partial charge on any atom is -0.392 e. The van der Waals surface area contributed by atoms with Crippen molar-refractivity contribution in [1.82, 2.24) is 10.2 Å². The van der Waals surface area contributed by atoms with Gasteiger partial charge in [0.25, 0.3) is 0 Å². The predicted octanol–water partition coefficient (Wildman–Crippen LogP) is 0.676. The fraction of sp³-hybridized carbons (Fsp3) is 0.500. The third-order valence-electron chi connectivity index (χ3n) is 3.32. The number of nitrogens with zero attached hydrogens (tertiary/aromatic N) is 1. The van der Waals surface area contributed by atoms with Gasteiger partial charge in [-0.3, -0.25) is 4.79 Å². The average molecular weight is 248 g/mol. The molecule has 1 saturated heterocycles. The number of β-amino-alcohol motifs (C(OH)–C–C–N with tert-alkyl or cyclic N) is 1. The molecule has 0 radical (unpaired) electrons. The van der Waals surface area contributed by atoms with E-state index < -0.39 is 6.10 Å². The number of aliphatic hydroxyl groups excluding tert-OH is 1. The summed E-state index contributed by atoms with van der Waals surface area (Å²) in [5.41, 5.74) is 2.34. The second-order valence-electron chi connectivity index (χ2n) is 5.03. The monoisotopic (exact) mass is 248 g/mol. The number of nitrogens with one attached hydrogen (secondary N) is 1. The molecule has 2 N–H and O–H groups in total. The lowest BCUT2D eigenvalue weighted by Gasteiger charge is -2.21. The van der Waals surface area contributed by atoms with E-state index in [1.54, 1.807) is 11.9 Å². The van der Waals surface area contributed by atoms with Crippen molar-refractivity contribution in [3.05, 3.63) is 35.4 Å². The van der Waals surface area contributed by atoms with Crippen LogP contribution in [0.3, 0.4) is 0 Å². The van der Waals surface area contributed by atoms with Gasteiger partial charge < -0.3 is 15.3 Å². The molecular weight excluding hydrogens is 228 g/mol. The van der Waals surface area contributed by atoms with Crippen LogP contribution in [0.4, 0.5) is 0 Å². The molecule has 4 nitrogen and oxygen atoms in total. The fourth-order valence-electron chi connectivity index (χ4n) is 2.22. The highest BCUT2D eigenvalue weighted by Gasteiger charge is 2.29. The first-order chi connectivity index (χ1) is 8.56. The number of rotatable bonds is 3. The first kappa shape index (κ1) is 13.1. The Morgan fingerprint density at radius 1 is 1.44 bits per heavy atom. The molecule has 18 heavy (non-hydrogen) atoms. The Morgan fingerprint density at radius 3 is 2.67 bits per heavy atom. The zero-order chi connectivity index (χ0) is 13.1. The van der Waals surface area contributed by atoms with Crippen molar-refractivity contribution in [1.29, 1.82) is 0 Å². The number of amides is 1. The molecule has 2 atom stereocenters. The summed E-state index contributed by atoms with van der Waals surface area (Å²) in [6.07, 6.45) is 0.114. The third kappa shape index (κ3) is 3.09. The van der Waals surface area contributed by atoms with Gasteiger partial charge in [-0.2, -0.15) is 0 Å². The number of carbonyl (C=O) groups excluding carboxylic acids is 1. The Labute approximate surface area is 108 Å². The van der Waals surface area contributed by atoms with E-state index in [9.17, 15) is 9.90 Å². The van der Waals surface area contributed by atoms with E-state index in [0.29, 0.717) is 19.5 Å². The van der Waals surface area contributed by atoms with Gasteiger partial charge in [0.15, 0.2) is 0 Å². The number of aliphatic hydroxyl groups is 1. The third-order valence-corrected chi connectivity index (χ3v) is 3.32. The summed E-state index contributed by atoms with van der Waals surface area (Å²) in [4.78, 5) is 13.8. The largest absolute Gasteiger partial charge is 0.392 e. The topological polar surface area (TPSA) is 52.6 Å². The summed E-state index contributed by atoms with van der Waals surface area (Å²) in [5.74, 6) is 0.0483. The van der Waals surface area contributed by atoms with Gasteiger partial charge in [0, 0.05) is 20.1 Å². The second kappa shape index (κ2) is 5.50. The lowest BCUT2D eigenvalue weighted by Crippen LogP contribution is -2.41. The molecule has 0 aromatic heterocycles. The van der Waals surface area contributed by atoms with Gasteiger partial charge in [-0.1, -0.05) is 29.8 Å². The van der Waals surface area contributed by atoms with Crippen molar-refractivity contribution in [3.63, 3.8) is 0 Å². The summed E-state index contributed by atoms with van der Waals surface area (Å²) in [5, 5.41) is 12.5. The quantitative estimate of drug-likeness (QED) is 0.827. The van der Waals surface area contributed by atoms with E-state index in [4.69, 9.17) is 0 Å². The Kier molecular flexibility index (Phi) is 3.99. The van der Waals surface area contributed by atoms with Gasteiger partial charge in [0.05, 0.1) is 12.1 Å². The highest BCUT2D eigenvalue weighted by Crippen LogP contribution is 2.11. The van der Waals surface area contributed by atoms with Crippen LogP contribution in [-0.4, -0.2) is 41.7 Å². The van der Waals surface area contributed by atoms with Crippen LogP contribution < -0.4 is 5.32 Å². The van der Waals surface area contributed by atoms with E-state index in [-0.39, 0.29) is 11.9 Å². The Balaban J connectivity index is 1.93. The van der Waals surface area contributed by atoms with Gasteiger partial charge in [0.2, 0.25) is 5.91 Å². The molecule has 1 aliphatic heterocycles. The summed E-state index contributed by atoms with van der Waals surface area (Å²) in [6, 6.07) is 7.93. The van der Waals surface area contributed by atoms with Crippen molar-refractivity contribution in [3.8, 4) is 0 Å². The number of hydrogen-bond donors (Lipinski definition) is 2. The van der Waals surface area contributed by atoms with E-state index in [1.807, 2.05) is 31.2 Å². The van der Waals surface area contributed by atoms with Gasteiger partial charge in [-0.15, -0.1) is 0 Å². The maximum Gasteiger partial charge on any atom is 0.239 e. The normalized spacial score (nSPS) is 23.1. The zero-order valence-corrected chi connectivity index (χ0v) is 10.9. The number of hydrogen-bond acceptors (Lipinski definition) is 3. The summed E-state index contributed by atoms with van der Waals surface area (Å²) >= 11 is 0. The van der Waals surface area contributed by atoms with E-state index >= 15 is 0 Å². The molecule has 98 valence electrons. The van der Waals surface area contributed by atoms with E-state index in [2.05, 4.69) is 5.32 Å². The Bertz CT molecular complexity index is 416. The number of likely N-dealkylation sites (N-methyl/N-ethyl adjacent to an activating group) is 1. The number of aryl methyl sites for hydroxylation is 1. The van der Waals surface area contributed by atoms with E-state index in [0.717, 1.165) is 5.56 Å². The molecule has 0 bridgehead atoms. The second-order valence-corrected chi connectivity index (χ2v) is 5.03. The summed E-state index contributed by atoms with van der Waals surface area (Å²) < 4.78 is 0. The minimum atomic E-state index is -0.397. The van der Waals surface area contributed by atoms with Crippen LogP contribution in [0.2, 0.25) is 0 Å². The molecule has 1 aromatic carbocycles. The number of carbonyl (C=O) groups is 1. The summed E-state index contributed by atoms with van der Waals surface area (Å²) in [6.45, 7) is 3.16. The number of benzene rings is 1. The zero-order valence-electron chi connectivity index (χ0n) is 10.9. The highest BCUT2D eigenvalue weighted by atomic mass is 16.3. The van der Waals surface area contributed by atoms with E-state index in [1.165, 1.54) is 5.56 Å². The van der Waals surface area contributed by atoms with Crippen LogP contribution in [-0.2, 0) is 11.3 Å². The van der Waals surface area contributed by atoms with Crippen molar-refractivity contribution >= 4 is 5.91 Å². The smallest absolute Gasteiger partial charge is 0.239 e. The van der Waals surface area contributed by atoms with Gasteiger partial charge in [0.1, 0.15) is 0 Å². The molecule has 1 fully saturated rings. The minimum absolute atomic E-state index is 0.0483. The maximum absolute atomic E-state index is 12.1. The van der Waals surface area contributed by atoms with Crippen molar-refractivity contribution in [2.24, 2.45) is 0 Å². The molecule has 0 spiro atoms. The SMILES string of the molecule is Cc1ccc(CN(C)C(=O)C2CC(O)CN2)cc1. The molecule has 0 aliphatic carbocycles. The van der Waals surface area contributed by atoms with Crippen molar-refractivity contribution in [2.45, 2.75) is 32.0 Å². The molecule has 1 heterocycles. The lowest BCUT2D eigenvalue weighted by atomic mass is 10.1. The van der Waals surface area contributed by atoms with Gasteiger partial charge >= 0.3 is 0 Å². The molecule has 2 rings (SSSR count). The van der Waals surface area contributed by atoms with Crippen LogP contribution in [0.1, 0.15) is 17.5 Å². The van der Waals surface area contributed by atoms with Crippen LogP contribution in [0.15, 0.2) is 24.3 Å². The van der Waals surface area contributed by atoms with Crippen LogP contribution in [0, 0.1) is 6.92 Å². The van der Waals surface area contributed by atoms with Crippen molar-refractivity contribution in [2.75, 3.05) is 13.6 Å². The van der Waals surface area contributed by atoms with Crippen LogP contribution >= 0.6 is 0 Å². The first-order valence-electron chi connectivity index (χ1n) is 6.28. The molecule has 0 saturated carbocycles. The molecular formula is C14H20N2O2. The average Bonchev–Trinajstić information content (AvgIpc) is 2.78. The Hall–Kier alpha value is -1.39. The van der Waals surface area contributed by atoms with Crippen molar-refractivity contribution < 1.29 is 9.90 Å². The summed E-state index contributed by atoms with van der Waals surface area (Å²) in [7, 11) is 1.80. The predicted molar refractivity (Wildman–Crippen MR) is 70.1 cm³/mol. The highest BCUT2D eigenvalue weighted by molar-refractivity contribution is 5.82. The Morgan fingerprint density at radius 2 is 2.11 bits per heavy atom. The molecule has 1 aromatic rings. The van der Waals surface area contributed by atoms with Gasteiger partial charge in [-0.05, 0) is 18.9 Å². The molecule has 1 aliphatic rings. The van der Waals surface area contributed by atoms with Crippen LogP contribution in [0.5, 0.6) is 0 Å². The first-order valence-corrected chi connectivity index (χ1v) is 6.28. The van der Waals surface area contributed by atoms with Crippen LogP contribution in [0.25, 0.3) is 0 Å².